The fourth-order valence-electron chi connectivity index (χ4n) is 3.06. The summed E-state index contributed by atoms with van der Waals surface area (Å²) >= 11 is 0. The maximum absolute atomic E-state index is 12.7. The van der Waals surface area contributed by atoms with Crippen LogP contribution in [-0.4, -0.2) is 55.4 Å². The summed E-state index contributed by atoms with van der Waals surface area (Å²) in [5.74, 6) is 1.50. The van der Waals surface area contributed by atoms with Crippen molar-refractivity contribution in [2.24, 2.45) is 4.99 Å². The number of rotatable bonds is 5. The van der Waals surface area contributed by atoms with Crippen molar-refractivity contribution >= 4 is 40.0 Å². The lowest BCUT2D eigenvalue weighted by molar-refractivity contribution is -0.0494. The highest BCUT2D eigenvalue weighted by Crippen LogP contribution is 2.29. The second-order valence-electron chi connectivity index (χ2n) is 6.68. The molecule has 2 heterocycles. The molecule has 2 aromatic rings. The third-order valence-electron chi connectivity index (χ3n) is 4.67. The number of sulfonamides is 1. The van der Waals surface area contributed by atoms with Gasteiger partial charge < -0.3 is 15.1 Å². The average Bonchev–Trinajstić information content (AvgIpc) is 3.20. The Labute approximate surface area is 195 Å². The molecule has 0 atom stereocenters. The number of oxazole rings is 1. The van der Waals surface area contributed by atoms with Gasteiger partial charge in [0, 0.05) is 31.7 Å². The van der Waals surface area contributed by atoms with Gasteiger partial charge in [0.2, 0.25) is 5.89 Å². The number of guanidine groups is 1. The van der Waals surface area contributed by atoms with Gasteiger partial charge in [0.15, 0.2) is 11.7 Å². The SMILES string of the molecule is CN=C(NCc1ncc(-c2ccccc2)o1)NC1CCN(S(=O)(=O)C(F)(F)F)CC1.I. The Morgan fingerprint density at radius 1 is 1.26 bits per heavy atom. The van der Waals surface area contributed by atoms with Crippen molar-refractivity contribution in [3.05, 3.63) is 42.4 Å². The van der Waals surface area contributed by atoms with Crippen LogP contribution in [0.1, 0.15) is 18.7 Å². The van der Waals surface area contributed by atoms with Gasteiger partial charge in [-0.3, -0.25) is 4.99 Å². The van der Waals surface area contributed by atoms with E-state index in [2.05, 4.69) is 20.6 Å². The normalized spacial score (nSPS) is 16.6. The number of hydrogen-bond donors (Lipinski definition) is 2. The predicted octanol–water partition coefficient (Wildman–Crippen LogP) is 2.94. The number of aromatic nitrogens is 1. The number of benzene rings is 1. The molecule has 0 spiro atoms. The van der Waals surface area contributed by atoms with Crippen molar-refractivity contribution in [1.29, 1.82) is 0 Å². The first-order valence-corrected chi connectivity index (χ1v) is 10.7. The van der Waals surface area contributed by atoms with E-state index in [0.29, 0.717) is 21.9 Å². The molecule has 1 aliphatic rings. The standard InChI is InChI=1S/C18H22F3N5O3S.HI/c1-22-17(24-12-16-23-11-15(29-16)13-5-3-2-4-6-13)25-14-7-9-26(10-8-14)30(27,28)18(19,20)21;/h2-6,11,14H,7-10,12H2,1H3,(H2,22,24,25);1H. The predicted molar refractivity (Wildman–Crippen MR) is 120 cm³/mol. The molecule has 0 amide bonds. The van der Waals surface area contributed by atoms with Crippen molar-refractivity contribution in [2.45, 2.75) is 30.9 Å². The van der Waals surface area contributed by atoms with Crippen LogP contribution in [0.25, 0.3) is 11.3 Å². The fraction of sp³-hybridized carbons (Fsp3) is 0.444. The molecule has 0 bridgehead atoms. The van der Waals surface area contributed by atoms with Crippen LogP contribution in [0.15, 0.2) is 45.9 Å². The van der Waals surface area contributed by atoms with Crippen molar-refractivity contribution in [3.63, 3.8) is 0 Å². The number of hydrogen-bond acceptors (Lipinski definition) is 5. The first-order chi connectivity index (χ1) is 14.2. The zero-order valence-electron chi connectivity index (χ0n) is 16.6. The van der Waals surface area contributed by atoms with E-state index < -0.39 is 15.5 Å². The minimum atomic E-state index is -5.28. The molecule has 1 aliphatic heterocycles. The molecule has 13 heteroatoms. The van der Waals surface area contributed by atoms with Crippen LogP contribution in [0, 0.1) is 0 Å². The Kier molecular flexibility index (Phi) is 8.71. The molecule has 1 aromatic carbocycles. The number of nitrogens with zero attached hydrogens (tertiary/aromatic N) is 3. The maximum Gasteiger partial charge on any atom is 0.511 e. The number of halogens is 4. The molecule has 1 saturated heterocycles. The van der Waals surface area contributed by atoms with Crippen LogP contribution in [-0.2, 0) is 16.6 Å². The average molecular weight is 573 g/mol. The monoisotopic (exact) mass is 573 g/mol. The Bertz CT molecular complexity index is 975. The summed E-state index contributed by atoms with van der Waals surface area (Å²) in [5, 5.41) is 6.13. The zero-order chi connectivity index (χ0) is 21.8. The van der Waals surface area contributed by atoms with Gasteiger partial charge in [-0.15, -0.1) is 24.0 Å². The second-order valence-corrected chi connectivity index (χ2v) is 8.61. The molecule has 1 aromatic heterocycles. The molecule has 2 N–H and O–H groups in total. The van der Waals surface area contributed by atoms with Gasteiger partial charge in [0.05, 0.1) is 12.7 Å². The van der Waals surface area contributed by atoms with Gasteiger partial charge >= 0.3 is 15.5 Å². The summed E-state index contributed by atoms with van der Waals surface area (Å²) in [7, 11) is -3.73. The Morgan fingerprint density at radius 3 is 2.48 bits per heavy atom. The largest absolute Gasteiger partial charge is 0.511 e. The number of piperidine rings is 1. The summed E-state index contributed by atoms with van der Waals surface area (Å²) in [6, 6.07) is 9.30. The van der Waals surface area contributed by atoms with E-state index in [4.69, 9.17) is 4.42 Å². The summed E-state index contributed by atoms with van der Waals surface area (Å²) in [6.07, 6.45) is 2.08. The molecule has 0 unspecified atom stereocenters. The van der Waals surface area contributed by atoms with Gasteiger partial charge in [-0.25, -0.2) is 13.4 Å². The smallest absolute Gasteiger partial charge is 0.439 e. The minimum Gasteiger partial charge on any atom is -0.439 e. The van der Waals surface area contributed by atoms with Crippen LogP contribution in [0.2, 0.25) is 0 Å². The van der Waals surface area contributed by atoms with Crippen molar-refractivity contribution in [3.8, 4) is 11.3 Å². The van der Waals surface area contributed by atoms with Gasteiger partial charge in [0.1, 0.15) is 0 Å². The van der Waals surface area contributed by atoms with E-state index in [-0.39, 0.29) is 62.5 Å². The van der Waals surface area contributed by atoms with Crippen molar-refractivity contribution in [2.75, 3.05) is 20.1 Å². The van der Waals surface area contributed by atoms with E-state index in [9.17, 15) is 21.6 Å². The topological polar surface area (TPSA) is 99.8 Å². The lowest BCUT2D eigenvalue weighted by Gasteiger charge is -2.32. The van der Waals surface area contributed by atoms with Crippen LogP contribution in [0.3, 0.4) is 0 Å². The van der Waals surface area contributed by atoms with E-state index in [0.717, 1.165) is 5.56 Å². The molecule has 0 radical (unpaired) electrons. The van der Waals surface area contributed by atoms with Gasteiger partial charge in [-0.05, 0) is 12.8 Å². The van der Waals surface area contributed by atoms with Crippen molar-refractivity contribution < 1.29 is 26.0 Å². The number of alkyl halides is 3. The van der Waals surface area contributed by atoms with Crippen LogP contribution in [0.5, 0.6) is 0 Å². The summed E-state index contributed by atoms with van der Waals surface area (Å²) in [4.78, 5) is 8.30. The third kappa shape index (κ3) is 6.32. The first-order valence-electron chi connectivity index (χ1n) is 9.24. The minimum absolute atomic E-state index is 0. The Balaban J connectivity index is 0.00000341. The number of aliphatic imine (C=N–C) groups is 1. The maximum atomic E-state index is 12.7. The van der Waals surface area contributed by atoms with Crippen molar-refractivity contribution in [1.82, 2.24) is 19.9 Å². The van der Waals surface area contributed by atoms with Gasteiger partial charge in [0.25, 0.3) is 0 Å². The van der Waals surface area contributed by atoms with Crippen LogP contribution >= 0.6 is 24.0 Å². The molecule has 1 fully saturated rings. The van der Waals surface area contributed by atoms with E-state index in [1.807, 2.05) is 30.3 Å². The Hall–Kier alpha value is -1.87. The fourth-order valence-corrected chi connectivity index (χ4v) is 4.05. The second kappa shape index (κ2) is 10.6. The third-order valence-corrected chi connectivity index (χ3v) is 6.30. The highest BCUT2D eigenvalue weighted by atomic mass is 127. The lowest BCUT2D eigenvalue weighted by atomic mass is 10.1. The molecule has 8 nitrogen and oxygen atoms in total. The molecule has 0 saturated carbocycles. The quantitative estimate of drug-likeness (QED) is 0.325. The van der Waals surface area contributed by atoms with Crippen LogP contribution in [0.4, 0.5) is 13.2 Å². The van der Waals surface area contributed by atoms with E-state index >= 15 is 0 Å². The molecule has 0 aliphatic carbocycles. The molecule has 31 heavy (non-hydrogen) atoms. The number of nitrogens with one attached hydrogen (secondary N) is 2. The lowest BCUT2D eigenvalue weighted by Crippen LogP contribution is -2.51. The molecular weight excluding hydrogens is 550 g/mol. The van der Waals surface area contributed by atoms with Gasteiger partial charge in [-0.2, -0.15) is 17.5 Å². The first kappa shape index (κ1) is 25.4. The van der Waals surface area contributed by atoms with E-state index in [1.54, 1.807) is 13.2 Å². The summed E-state index contributed by atoms with van der Waals surface area (Å²) in [6.45, 7) is -0.166. The zero-order valence-corrected chi connectivity index (χ0v) is 19.7. The van der Waals surface area contributed by atoms with E-state index in [1.165, 1.54) is 0 Å². The van der Waals surface area contributed by atoms with Crippen LogP contribution < -0.4 is 10.6 Å². The summed E-state index contributed by atoms with van der Waals surface area (Å²) in [5.41, 5.74) is -4.38. The van der Waals surface area contributed by atoms with Gasteiger partial charge in [-0.1, -0.05) is 30.3 Å². The molecule has 3 rings (SSSR count). The highest BCUT2D eigenvalue weighted by molar-refractivity contribution is 14.0. The Morgan fingerprint density at radius 2 is 1.90 bits per heavy atom. The highest BCUT2D eigenvalue weighted by Gasteiger charge is 2.50. The molecule has 172 valence electrons. The summed E-state index contributed by atoms with van der Waals surface area (Å²) < 4.78 is 67.1. The molecular formula is C18H23F3IN5O3S.